The minimum Gasteiger partial charge on any atom is -0.364 e. The van der Waals surface area contributed by atoms with Crippen LogP contribution in [0.3, 0.4) is 0 Å². The van der Waals surface area contributed by atoms with Gasteiger partial charge >= 0.3 is 6.18 Å². The Morgan fingerprint density at radius 3 is 2.65 bits per heavy atom. The molecule has 2 rings (SSSR count). The summed E-state index contributed by atoms with van der Waals surface area (Å²) in [7, 11) is 0. The van der Waals surface area contributed by atoms with Crippen molar-refractivity contribution in [2.45, 2.75) is 12.3 Å². The maximum Gasteiger partial charge on any atom is 0.416 e. The molecular weight excluding hydrogens is 271 g/mol. The average Bonchev–Trinajstić information content (AvgIpc) is 2.45. The van der Waals surface area contributed by atoms with Crippen molar-refractivity contribution < 1.29 is 17.9 Å². The molecule has 1 saturated heterocycles. The second-order valence-corrected chi connectivity index (χ2v) is 4.28. The normalized spacial score (nSPS) is 19.2. The van der Waals surface area contributed by atoms with Gasteiger partial charge in [0.25, 0.3) is 0 Å². The summed E-state index contributed by atoms with van der Waals surface area (Å²) in [5.74, 6) is 0. The highest BCUT2D eigenvalue weighted by Crippen LogP contribution is 2.33. The second-order valence-electron chi connectivity index (χ2n) is 4.28. The van der Waals surface area contributed by atoms with E-state index < -0.39 is 17.8 Å². The van der Waals surface area contributed by atoms with E-state index in [-0.39, 0.29) is 12.1 Å². The molecule has 4 nitrogen and oxygen atoms in total. The van der Waals surface area contributed by atoms with Gasteiger partial charge in [-0.2, -0.15) is 23.7 Å². The molecule has 20 heavy (non-hydrogen) atoms. The van der Waals surface area contributed by atoms with Crippen LogP contribution < -0.4 is 4.90 Å². The molecule has 0 bridgehead atoms. The van der Waals surface area contributed by atoms with Gasteiger partial charge in [-0.15, -0.1) is 0 Å². The summed E-state index contributed by atoms with van der Waals surface area (Å²) in [5, 5.41) is 17.8. The first kappa shape index (κ1) is 14.2. The van der Waals surface area contributed by atoms with E-state index in [0.29, 0.717) is 18.8 Å². The summed E-state index contributed by atoms with van der Waals surface area (Å²) in [5.41, 5.74) is -0.523. The summed E-state index contributed by atoms with van der Waals surface area (Å²) >= 11 is 0. The van der Waals surface area contributed by atoms with Gasteiger partial charge in [-0.3, -0.25) is 0 Å². The molecule has 104 valence electrons. The number of ether oxygens (including phenoxy) is 1. The molecule has 1 aliphatic rings. The first-order chi connectivity index (χ1) is 9.45. The van der Waals surface area contributed by atoms with E-state index in [1.165, 1.54) is 6.07 Å². The van der Waals surface area contributed by atoms with Crippen molar-refractivity contribution in [1.82, 2.24) is 0 Å². The predicted octanol–water partition coefficient (Wildman–Crippen LogP) is 2.31. The molecule has 1 aromatic rings. The Morgan fingerprint density at radius 1 is 1.30 bits per heavy atom. The Morgan fingerprint density at radius 2 is 2.05 bits per heavy atom. The van der Waals surface area contributed by atoms with Crippen molar-refractivity contribution in [1.29, 1.82) is 10.5 Å². The lowest BCUT2D eigenvalue weighted by Crippen LogP contribution is -2.42. The van der Waals surface area contributed by atoms with Crippen LogP contribution >= 0.6 is 0 Å². The van der Waals surface area contributed by atoms with Crippen molar-refractivity contribution in [2.75, 3.05) is 24.6 Å². The molecule has 1 aromatic carbocycles. The van der Waals surface area contributed by atoms with Gasteiger partial charge in [0.2, 0.25) is 0 Å². The van der Waals surface area contributed by atoms with E-state index in [1.807, 2.05) is 6.07 Å². The Kier molecular flexibility index (Phi) is 3.82. The molecule has 1 fully saturated rings. The Hall–Kier alpha value is -2.25. The fourth-order valence-electron chi connectivity index (χ4n) is 2.02. The third-order valence-electron chi connectivity index (χ3n) is 3.00. The molecule has 1 atom stereocenters. The summed E-state index contributed by atoms with van der Waals surface area (Å²) in [4.78, 5) is 1.69. The molecule has 1 aliphatic heterocycles. The number of halogens is 3. The van der Waals surface area contributed by atoms with Crippen LogP contribution in [-0.4, -0.2) is 25.8 Å². The Labute approximate surface area is 113 Å². The van der Waals surface area contributed by atoms with Crippen LogP contribution in [0, 0.1) is 22.7 Å². The molecule has 1 heterocycles. The van der Waals surface area contributed by atoms with Gasteiger partial charge in [0.15, 0.2) is 6.10 Å². The quantitative estimate of drug-likeness (QED) is 0.792. The lowest BCUT2D eigenvalue weighted by atomic mass is 10.1. The third kappa shape index (κ3) is 2.84. The van der Waals surface area contributed by atoms with E-state index in [1.54, 1.807) is 11.0 Å². The zero-order valence-electron chi connectivity index (χ0n) is 10.3. The smallest absolute Gasteiger partial charge is 0.364 e. The molecular formula is C13H10F3N3O. The fourth-order valence-corrected chi connectivity index (χ4v) is 2.02. The van der Waals surface area contributed by atoms with Crippen LogP contribution in [0.25, 0.3) is 0 Å². The molecule has 0 amide bonds. The molecule has 1 unspecified atom stereocenters. The maximum atomic E-state index is 12.6. The lowest BCUT2D eigenvalue weighted by Gasteiger charge is -2.32. The number of benzene rings is 1. The monoisotopic (exact) mass is 281 g/mol. The van der Waals surface area contributed by atoms with Crippen LogP contribution in [-0.2, 0) is 10.9 Å². The molecule has 0 aliphatic carbocycles. The number of alkyl halides is 3. The molecule has 0 N–H and O–H groups in total. The summed E-state index contributed by atoms with van der Waals surface area (Å²) < 4.78 is 43.0. The van der Waals surface area contributed by atoms with Crippen LogP contribution in [0.5, 0.6) is 0 Å². The van der Waals surface area contributed by atoms with Crippen molar-refractivity contribution in [2.24, 2.45) is 0 Å². The molecule has 0 aromatic heterocycles. The first-order valence-corrected chi connectivity index (χ1v) is 5.83. The van der Waals surface area contributed by atoms with Crippen molar-refractivity contribution in [3.8, 4) is 12.1 Å². The summed E-state index contributed by atoms with van der Waals surface area (Å²) in [6.45, 7) is 0.957. The van der Waals surface area contributed by atoms with Crippen LogP contribution in [0.4, 0.5) is 18.9 Å². The van der Waals surface area contributed by atoms with Gasteiger partial charge in [-0.1, -0.05) is 0 Å². The largest absolute Gasteiger partial charge is 0.416 e. The number of morpholine rings is 1. The van der Waals surface area contributed by atoms with Crippen molar-refractivity contribution >= 4 is 5.69 Å². The molecule has 7 heteroatoms. The number of anilines is 1. The highest BCUT2D eigenvalue weighted by atomic mass is 19.4. The van der Waals surface area contributed by atoms with Crippen molar-refractivity contribution in [3.05, 3.63) is 29.3 Å². The third-order valence-corrected chi connectivity index (χ3v) is 3.00. The number of hydrogen-bond acceptors (Lipinski definition) is 4. The lowest BCUT2D eigenvalue weighted by molar-refractivity contribution is -0.137. The average molecular weight is 281 g/mol. The molecule has 0 radical (unpaired) electrons. The van der Waals surface area contributed by atoms with Gasteiger partial charge < -0.3 is 9.64 Å². The molecule has 0 spiro atoms. The standard InChI is InChI=1S/C13H10F3N3O/c14-13(15,16)10-1-2-12(9(5-10)6-17)19-3-4-20-11(7-18)8-19/h1-2,5,11H,3-4,8H2. The minimum atomic E-state index is -4.48. The van der Waals surface area contributed by atoms with E-state index in [4.69, 9.17) is 15.3 Å². The van der Waals surface area contributed by atoms with E-state index >= 15 is 0 Å². The van der Waals surface area contributed by atoms with E-state index in [9.17, 15) is 13.2 Å². The number of hydrogen-bond donors (Lipinski definition) is 0. The highest BCUT2D eigenvalue weighted by Gasteiger charge is 2.32. The van der Waals surface area contributed by atoms with Crippen LogP contribution in [0.15, 0.2) is 18.2 Å². The zero-order valence-corrected chi connectivity index (χ0v) is 10.3. The maximum absolute atomic E-state index is 12.6. The predicted molar refractivity (Wildman–Crippen MR) is 63.7 cm³/mol. The zero-order chi connectivity index (χ0) is 14.8. The van der Waals surface area contributed by atoms with Crippen molar-refractivity contribution in [3.63, 3.8) is 0 Å². The van der Waals surface area contributed by atoms with Gasteiger partial charge in [0.1, 0.15) is 6.07 Å². The SMILES string of the molecule is N#Cc1cc(C(F)(F)F)ccc1N1CCOC(C#N)C1. The topological polar surface area (TPSA) is 60.1 Å². The van der Waals surface area contributed by atoms with Crippen LogP contribution in [0.2, 0.25) is 0 Å². The number of nitrogens with zero attached hydrogens (tertiary/aromatic N) is 3. The van der Waals surface area contributed by atoms with E-state index in [2.05, 4.69) is 0 Å². The van der Waals surface area contributed by atoms with E-state index in [0.717, 1.165) is 12.1 Å². The Bertz CT molecular complexity index is 586. The Balaban J connectivity index is 2.33. The second kappa shape index (κ2) is 5.40. The fraction of sp³-hybridized carbons (Fsp3) is 0.385. The first-order valence-electron chi connectivity index (χ1n) is 5.83. The van der Waals surface area contributed by atoms with Gasteiger partial charge in [0.05, 0.1) is 36.0 Å². The number of rotatable bonds is 1. The van der Waals surface area contributed by atoms with Crippen LogP contribution in [0.1, 0.15) is 11.1 Å². The highest BCUT2D eigenvalue weighted by molar-refractivity contribution is 5.61. The van der Waals surface area contributed by atoms with Gasteiger partial charge in [0, 0.05) is 6.54 Å². The van der Waals surface area contributed by atoms with Gasteiger partial charge in [-0.05, 0) is 18.2 Å². The molecule has 0 saturated carbocycles. The minimum absolute atomic E-state index is 0.0570. The summed E-state index contributed by atoms with van der Waals surface area (Å²) in [6, 6.07) is 6.75. The van der Waals surface area contributed by atoms with Gasteiger partial charge in [-0.25, -0.2) is 0 Å². The number of nitriles is 2. The summed E-state index contributed by atoms with van der Waals surface area (Å²) in [6.07, 6.45) is -5.12.